The third-order valence-electron chi connectivity index (χ3n) is 2.86. The molecule has 1 atom stereocenters. The fourth-order valence-corrected chi connectivity index (χ4v) is 2.04. The molecule has 8 heteroatoms. The predicted molar refractivity (Wildman–Crippen MR) is 65.1 cm³/mol. The molecular weight excluding hydrogens is 254 g/mol. The molecule has 0 saturated carbocycles. The van der Waals surface area contributed by atoms with E-state index in [0.717, 1.165) is 0 Å². The molecule has 1 N–H and O–H groups in total. The minimum absolute atomic E-state index is 0.0847. The van der Waals surface area contributed by atoms with Crippen LogP contribution in [0.1, 0.15) is 6.42 Å². The van der Waals surface area contributed by atoms with E-state index in [2.05, 4.69) is 4.98 Å². The fourth-order valence-electron chi connectivity index (χ4n) is 2.04. The van der Waals surface area contributed by atoms with Crippen molar-refractivity contribution in [1.82, 2.24) is 4.98 Å². The molecule has 0 aromatic carbocycles. The van der Waals surface area contributed by atoms with Crippen LogP contribution >= 0.6 is 0 Å². The molecule has 2 heterocycles. The molecule has 102 valence electrons. The molecule has 1 aliphatic rings. The second-order valence-corrected chi connectivity index (χ2v) is 4.16. The van der Waals surface area contributed by atoms with Crippen LogP contribution < -0.4 is 4.90 Å². The molecule has 1 fully saturated rings. The molecule has 0 amide bonds. The zero-order chi connectivity index (χ0) is 13.8. The largest absolute Gasteiger partial charge is 0.481 e. The van der Waals surface area contributed by atoms with Crippen LogP contribution in [0.15, 0.2) is 18.5 Å². The van der Waals surface area contributed by atoms with E-state index in [9.17, 15) is 14.9 Å². The van der Waals surface area contributed by atoms with E-state index in [4.69, 9.17) is 9.84 Å². The summed E-state index contributed by atoms with van der Waals surface area (Å²) in [5.41, 5.74) is 0.358. The maximum atomic E-state index is 10.9. The number of carboxylic acids is 1. The molecular formula is C11H13N3O5. The highest BCUT2D eigenvalue weighted by atomic mass is 16.6. The van der Waals surface area contributed by atoms with Gasteiger partial charge in [0.25, 0.3) is 0 Å². The van der Waals surface area contributed by atoms with E-state index in [0.29, 0.717) is 25.4 Å². The van der Waals surface area contributed by atoms with E-state index in [-0.39, 0.29) is 12.1 Å². The van der Waals surface area contributed by atoms with Gasteiger partial charge in [-0.1, -0.05) is 0 Å². The number of pyridine rings is 1. The summed E-state index contributed by atoms with van der Waals surface area (Å²) in [7, 11) is 0. The van der Waals surface area contributed by atoms with Crippen molar-refractivity contribution in [3.8, 4) is 0 Å². The zero-order valence-electron chi connectivity index (χ0n) is 10.1. The van der Waals surface area contributed by atoms with Gasteiger partial charge in [0.05, 0.1) is 24.1 Å². The Morgan fingerprint density at radius 1 is 1.68 bits per heavy atom. The van der Waals surface area contributed by atoms with Gasteiger partial charge >= 0.3 is 11.7 Å². The third-order valence-corrected chi connectivity index (χ3v) is 2.86. The minimum Gasteiger partial charge on any atom is -0.481 e. The molecule has 2 rings (SSSR count). The van der Waals surface area contributed by atoms with Crippen molar-refractivity contribution < 1.29 is 19.6 Å². The van der Waals surface area contributed by atoms with Crippen LogP contribution in [0.2, 0.25) is 0 Å². The molecule has 1 aliphatic heterocycles. The summed E-state index contributed by atoms with van der Waals surface area (Å²) in [5.74, 6) is -0.948. The number of hydrogen-bond donors (Lipinski definition) is 1. The number of carboxylic acid groups (broad SMARTS) is 1. The van der Waals surface area contributed by atoms with E-state index in [1.165, 1.54) is 12.4 Å². The Bertz CT molecular complexity index is 493. The van der Waals surface area contributed by atoms with Gasteiger partial charge in [0.15, 0.2) is 0 Å². The number of nitro groups is 1. The lowest BCUT2D eigenvalue weighted by atomic mass is 10.2. The van der Waals surface area contributed by atoms with Crippen molar-refractivity contribution >= 4 is 17.3 Å². The Hall–Kier alpha value is -2.22. The van der Waals surface area contributed by atoms with Crippen molar-refractivity contribution in [3.63, 3.8) is 0 Å². The lowest BCUT2D eigenvalue weighted by molar-refractivity contribution is -0.384. The number of carbonyl (C=O) groups is 1. The third kappa shape index (κ3) is 3.16. The van der Waals surface area contributed by atoms with Crippen molar-refractivity contribution in [1.29, 1.82) is 0 Å². The topological polar surface area (TPSA) is 106 Å². The lowest BCUT2D eigenvalue weighted by Crippen LogP contribution is -2.43. The molecule has 1 saturated heterocycles. The predicted octanol–water partition coefficient (Wildman–Crippen LogP) is 0.670. The van der Waals surface area contributed by atoms with Crippen LogP contribution in [0.5, 0.6) is 0 Å². The number of rotatable bonds is 4. The summed E-state index contributed by atoms with van der Waals surface area (Å²) in [5, 5.41) is 19.7. The van der Waals surface area contributed by atoms with E-state index >= 15 is 0 Å². The molecule has 1 aromatic heterocycles. The number of nitrogens with zero attached hydrogens (tertiary/aromatic N) is 3. The number of aromatic nitrogens is 1. The van der Waals surface area contributed by atoms with Crippen LogP contribution in [0.25, 0.3) is 0 Å². The van der Waals surface area contributed by atoms with E-state index < -0.39 is 17.0 Å². The SMILES string of the molecule is O=C(O)CC1CN(c2ccncc2[N+](=O)[O-])CCO1. The lowest BCUT2D eigenvalue weighted by Gasteiger charge is -2.33. The smallest absolute Gasteiger partial charge is 0.310 e. The first-order valence-electron chi connectivity index (χ1n) is 5.74. The molecule has 0 spiro atoms. The fraction of sp³-hybridized carbons (Fsp3) is 0.455. The molecule has 0 radical (unpaired) electrons. The Morgan fingerprint density at radius 3 is 3.16 bits per heavy atom. The van der Waals surface area contributed by atoms with Gasteiger partial charge in [-0.2, -0.15) is 0 Å². The van der Waals surface area contributed by atoms with Crippen molar-refractivity contribution in [2.45, 2.75) is 12.5 Å². The van der Waals surface area contributed by atoms with Crippen molar-refractivity contribution in [2.75, 3.05) is 24.6 Å². The molecule has 19 heavy (non-hydrogen) atoms. The average Bonchev–Trinajstić information content (AvgIpc) is 2.38. The van der Waals surface area contributed by atoms with Crippen LogP contribution in [0, 0.1) is 10.1 Å². The Morgan fingerprint density at radius 2 is 2.47 bits per heavy atom. The maximum absolute atomic E-state index is 10.9. The van der Waals surface area contributed by atoms with Crippen LogP contribution in [-0.2, 0) is 9.53 Å². The van der Waals surface area contributed by atoms with Crippen LogP contribution in [0.4, 0.5) is 11.4 Å². The summed E-state index contributed by atoms with van der Waals surface area (Å²) < 4.78 is 5.33. The number of hydrogen-bond acceptors (Lipinski definition) is 6. The van der Waals surface area contributed by atoms with E-state index in [1.807, 2.05) is 0 Å². The van der Waals surface area contributed by atoms with Gasteiger partial charge in [0.1, 0.15) is 11.9 Å². The Kier molecular flexibility index (Phi) is 3.91. The maximum Gasteiger partial charge on any atom is 0.310 e. The minimum atomic E-state index is -0.948. The van der Waals surface area contributed by atoms with Crippen molar-refractivity contribution in [2.24, 2.45) is 0 Å². The van der Waals surface area contributed by atoms with Gasteiger partial charge in [0, 0.05) is 19.3 Å². The summed E-state index contributed by atoms with van der Waals surface area (Å²) in [6, 6.07) is 1.56. The average molecular weight is 267 g/mol. The Labute approximate surface area is 108 Å². The molecule has 0 bridgehead atoms. The second-order valence-electron chi connectivity index (χ2n) is 4.16. The van der Waals surface area contributed by atoms with Crippen molar-refractivity contribution in [3.05, 3.63) is 28.6 Å². The van der Waals surface area contributed by atoms with Gasteiger partial charge in [-0.3, -0.25) is 19.9 Å². The summed E-state index contributed by atoms with van der Waals surface area (Å²) in [6.45, 7) is 1.15. The van der Waals surface area contributed by atoms with Crippen LogP contribution in [0.3, 0.4) is 0 Å². The number of aliphatic carboxylic acids is 1. The highest BCUT2D eigenvalue weighted by molar-refractivity contribution is 5.68. The number of anilines is 1. The highest BCUT2D eigenvalue weighted by Crippen LogP contribution is 2.28. The van der Waals surface area contributed by atoms with Gasteiger partial charge < -0.3 is 14.7 Å². The summed E-state index contributed by atoms with van der Waals surface area (Å²) >= 11 is 0. The summed E-state index contributed by atoms with van der Waals surface area (Å²) in [4.78, 5) is 26.6. The number of morpholine rings is 1. The second kappa shape index (κ2) is 5.61. The highest BCUT2D eigenvalue weighted by Gasteiger charge is 2.27. The van der Waals surface area contributed by atoms with Gasteiger partial charge in [-0.05, 0) is 6.07 Å². The first kappa shape index (κ1) is 13.2. The Balaban J connectivity index is 2.17. The van der Waals surface area contributed by atoms with E-state index in [1.54, 1.807) is 11.0 Å². The van der Waals surface area contributed by atoms with Gasteiger partial charge in [-0.15, -0.1) is 0 Å². The zero-order valence-corrected chi connectivity index (χ0v) is 10.1. The molecule has 0 aliphatic carbocycles. The molecule has 1 unspecified atom stereocenters. The first-order chi connectivity index (χ1) is 9.08. The monoisotopic (exact) mass is 267 g/mol. The number of ether oxygens (including phenoxy) is 1. The van der Waals surface area contributed by atoms with Gasteiger partial charge in [-0.25, -0.2) is 0 Å². The quantitative estimate of drug-likeness (QED) is 0.631. The van der Waals surface area contributed by atoms with Crippen LogP contribution in [-0.4, -0.2) is 46.8 Å². The van der Waals surface area contributed by atoms with Gasteiger partial charge in [0.2, 0.25) is 0 Å². The normalized spacial score (nSPS) is 19.2. The molecule has 8 nitrogen and oxygen atoms in total. The molecule has 1 aromatic rings. The standard InChI is InChI=1S/C11H13N3O5/c15-11(16)5-8-7-13(3-4-19-8)9-1-2-12-6-10(9)14(17)18/h1-2,6,8H,3-5,7H2,(H,15,16). The first-order valence-corrected chi connectivity index (χ1v) is 5.74. The summed E-state index contributed by atoms with van der Waals surface area (Å²) in [6.07, 6.45) is 2.09.